The fraction of sp³-hybridized carbons (Fsp3) is 0.519. The number of amides is 1. The monoisotopic (exact) mass is 581 g/mol. The van der Waals surface area contributed by atoms with Crippen molar-refractivity contribution in [3.63, 3.8) is 0 Å². The SMILES string of the molecule is CC1CCC(C(=O)N2CC[C@](c3ccc(C(F)(C(F)(F)F)C(F)(F)F)cc3)(S(=O)c3ccc(F)cc3)C2)CC1. The van der Waals surface area contributed by atoms with Crippen molar-refractivity contribution in [2.45, 2.75) is 66.7 Å². The molecule has 2 fully saturated rings. The summed E-state index contributed by atoms with van der Waals surface area (Å²) in [6, 6.07) is 7.30. The molecule has 0 spiro atoms. The Morgan fingerprint density at radius 2 is 1.41 bits per heavy atom. The molecule has 0 radical (unpaired) electrons. The summed E-state index contributed by atoms with van der Waals surface area (Å²) in [5.41, 5.74) is -7.16. The number of carbonyl (C=O) groups is 1. The number of hydrogen-bond acceptors (Lipinski definition) is 2. The minimum absolute atomic E-state index is 0.0878. The molecule has 214 valence electrons. The fourth-order valence-corrected chi connectivity index (χ4v) is 7.24. The van der Waals surface area contributed by atoms with E-state index in [1.165, 1.54) is 17.0 Å². The van der Waals surface area contributed by atoms with Crippen LogP contribution in [0.5, 0.6) is 0 Å². The maximum atomic E-state index is 14.6. The minimum atomic E-state index is -6.27. The summed E-state index contributed by atoms with van der Waals surface area (Å²) in [6.45, 7) is 2.15. The largest absolute Gasteiger partial charge is 0.435 e. The van der Waals surface area contributed by atoms with Gasteiger partial charge in [-0.25, -0.2) is 8.78 Å². The molecule has 0 aromatic heterocycles. The van der Waals surface area contributed by atoms with Gasteiger partial charge in [-0.1, -0.05) is 31.2 Å². The number of hydrogen-bond donors (Lipinski definition) is 0. The van der Waals surface area contributed by atoms with Crippen LogP contribution in [0.1, 0.15) is 50.2 Å². The molecule has 2 aromatic carbocycles. The Bertz CT molecular complexity index is 1190. The van der Waals surface area contributed by atoms with Crippen LogP contribution >= 0.6 is 0 Å². The molecule has 2 aliphatic rings. The van der Waals surface area contributed by atoms with Crippen LogP contribution < -0.4 is 0 Å². The van der Waals surface area contributed by atoms with Gasteiger partial charge < -0.3 is 4.90 Å². The zero-order valence-corrected chi connectivity index (χ0v) is 21.7. The van der Waals surface area contributed by atoms with Gasteiger partial charge in [-0.05, 0) is 67.9 Å². The van der Waals surface area contributed by atoms with Crippen molar-refractivity contribution in [3.8, 4) is 0 Å². The average molecular weight is 582 g/mol. The molecule has 1 saturated carbocycles. The number of halogens is 8. The van der Waals surface area contributed by atoms with E-state index >= 15 is 0 Å². The van der Waals surface area contributed by atoms with Crippen LogP contribution in [0.15, 0.2) is 53.4 Å². The molecule has 4 rings (SSSR count). The maximum Gasteiger partial charge on any atom is 0.435 e. The standard InChI is InChI=1S/C27H27F8NO2S/c1-17-2-4-18(5-3-17)23(37)36-15-14-24(16-36,39(38)22-12-10-21(28)11-13-22)19-6-8-20(9-7-19)25(29,26(30,31)32)27(33,34)35/h6-13,17-18H,2-5,14-16H2,1H3/t17?,18?,24-,39?/m0/s1. The second-order valence-electron chi connectivity index (χ2n) is 10.4. The van der Waals surface area contributed by atoms with Crippen molar-refractivity contribution < 1.29 is 44.1 Å². The molecule has 2 aromatic rings. The molecule has 1 saturated heterocycles. The highest BCUT2D eigenvalue weighted by Gasteiger charge is 2.73. The lowest BCUT2D eigenvalue weighted by atomic mass is 9.82. The summed E-state index contributed by atoms with van der Waals surface area (Å²) in [6.07, 6.45) is -9.32. The van der Waals surface area contributed by atoms with E-state index < -0.39 is 44.9 Å². The number of benzene rings is 2. The minimum Gasteiger partial charge on any atom is -0.341 e. The van der Waals surface area contributed by atoms with Crippen LogP contribution in [0.25, 0.3) is 0 Å². The van der Waals surface area contributed by atoms with Gasteiger partial charge in [-0.3, -0.25) is 9.00 Å². The third-order valence-corrected chi connectivity index (χ3v) is 9.86. The lowest BCUT2D eigenvalue weighted by molar-refractivity contribution is -0.348. The summed E-state index contributed by atoms with van der Waals surface area (Å²) in [7, 11) is -1.99. The molecule has 1 amide bonds. The quantitative estimate of drug-likeness (QED) is 0.351. The fourth-order valence-electron chi connectivity index (χ4n) is 5.50. The summed E-state index contributed by atoms with van der Waals surface area (Å²) in [5, 5.41) is 0. The average Bonchev–Trinajstić information content (AvgIpc) is 3.34. The third-order valence-electron chi connectivity index (χ3n) is 7.88. The van der Waals surface area contributed by atoms with E-state index in [0.717, 1.165) is 37.1 Å². The normalized spacial score (nSPS) is 25.5. The molecule has 0 bridgehead atoms. The second kappa shape index (κ2) is 10.5. The summed E-state index contributed by atoms with van der Waals surface area (Å²) < 4.78 is 120. The topological polar surface area (TPSA) is 37.4 Å². The maximum absolute atomic E-state index is 14.6. The second-order valence-corrected chi connectivity index (χ2v) is 12.2. The van der Waals surface area contributed by atoms with Gasteiger partial charge in [0, 0.05) is 29.5 Å². The molecule has 12 heteroatoms. The van der Waals surface area contributed by atoms with Crippen LogP contribution in [0.2, 0.25) is 0 Å². The lowest BCUT2D eigenvalue weighted by Gasteiger charge is -2.33. The predicted octanol–water partition coefficient (Wildman–Crippen LogP) is 7.18. The van der Waals surface area contributed by atoms with Crippen LogP contribution in [-0.4, -0.2) is 40.5 Å². The van der Waals surface area contributed by atoms with E-state index in [1.807, 2.05) is 0 Å². The van der Waals surface area contributed by atoms with Crippen molar-refractivity contribution >= 4 is 16.7 Å². The molecule has 1 aliphatic carbocycles. The van der Waals surface area contributed by atoms with Crippen LogP contribution in [-0.2, 0) is 26.0 Å². The predicted molar refractivity (Wildman–Crippen MR) is 128 cm³/mol. The van der Waals surface area contributed by atoms with Crippen molar-refractivity contribution in [3.05, 3.63) is 65.5 Å². The first-order valence-electron chi connectivity index (χ1n) is 12.5. The smallest absolute Gasteiger partial charge is 0.341 e. The molecule has 1 aliphatic heterocycles. The van der Waals surface area contributed by atoms with Crippen molar-refractivity contribution in [2.75, 3.05) is 13.1 Å². The highest BCUT2D eigenvalue weighted by atomic mass is 32.2. The van der Waals surface area contributed by atoms with Gasteiger partial charge in [0.1, 0.15) is 5.82 Å². The molecule has 1 heterocycles. The van der Waals surface area contributed by atoms with Gasteiger partial charge >= 0.3 is 18.0 Å². The van der Waals surface area contributed by atoms with E-state index in [0.29, 0.717) is 30.9 Å². The van der Waals surface area contributed by atoms with Crippen LogP contribution in [0.3, 0.4) is 0 Å². The molecule has 0 N–H and O–H groups in total. The van der Waals surface area contributed by atoms with Crippen LogP contribution in [0.4, 0.5) is 35.1 Å². The van der Waals surface area contributed by atoms with Gasteiger partial charge in [0.2, 0.25) is 5.91 Å². The van der Waals surface area contributed by atoms with Crippen molar-refractivity contribution in [1.29, 1.82) is 0 Å². The number of alkyl halides is 7. The Kier molecular flexibility index (Phi) is 7.92. The van der Waals surface area contributed by atoms with E-state index in [9.17, 15) is 44.1 Å². The highest BCUT2D eigenvalue weighted by molar-refractivity contribution is 7.86. The zero-order chi connectivity index (χ0) is 28.8. The zero-order valence-electron chi connectivity index (χ0n) is 20.9. The van der Waals surface area contributed by atoms with Gasteiger partial charge in [0.25, 0.3) is 0 Å². The first-order valence-corrected chi connectivity index (χ1v) is 13.6. The Morgan fingerprint density at radius 1 is 0.872 bits per heavy atom. The van der Waals surface area contributed by atoms with Gasteiger partial charge in [0.05, 0.1) is 15.5 Å². The number of rotatable bonds is 5. The Labute approximate surface area is 223 Å². The van der Waals surface area contributed by atoms with E-state index in [2.05, 4.69) is 6.92 Å². The lowest BCUT2D eigenvalue weighted by Crippen LogP contribution is -2.50. The van der Waals surface area contributed by atoms with Gasteiger partial charge in [-0.2, -0.15) is 26.3 Å². The Hall–Kier alpha value is -2.50. The van der Waals surface area contributed by atoms with Gasteiger partial charge in [0.15, 0.2) is 0 Å². The molecule has 39 heavy (non-hydrogen) atoms. The van der Waals surface area contributed by atoms with Crippen molar-refractivity contribution in [1.82, 2.24) is 4.90 Å². The van der Waals surface area contributed by atoms with E-state index in [4.69, 9.17) is 0 Å². The number of carbonyl (C=O) groups excluding carboxylic acids is 1. The summed E-state index contributed by atoms with van der Waals surface area (Å²) in [4.78, 5) is 15.0. The highest BCUT2D eigenvalue weighted by Crippen LogP contribution is 2.53. The molecule has 3 nitrogen and oxygen atoms in total. The molecular formula is C27H27F8NO2S. The Morgan fingerprint density at radius 3 is 1.92 bits per heavy atom. The van der Waals surface area contributed by atoms with Crippen molar-refractivity contribution in [2.24, 2.45) is 11.8 Å². The molecule has 1 unspecified atom stereocenters. The van der Waals surface area contributed by atoms with E-state index in [1.54, 1.807) is 0 Å². The Balaban J connectivity index is 1.72. The molecule has 2 atom stereocenters. The molecular weight excluding hydrogens is 554 g/mol. The van der Waals surface area contributed by atoms with Crippen LogP contribution in [0, 0.1) is 17.7 Å². The summed E-state index contributed by atoms with van der Waals surface area (Å²) in [5.74, 6) is -0.479. The summed E-state index contributed by atoms with van der Waals surface area (Å²) >= 11 is 0. The third kappa shape index (κ3) is 5.32. The number of likely N-dealkylation sites (tertiary alicyclic amines) is 1. The first kappa shape index (κ1) is 29.5. The van der Waals surface area contributed by atoms with E-state index in [-0.39, 0.29) is 41.8 Å². The first-order chi connectivity index (χ1) is 18.1. The van der Waals surface area contributed by atoms with Gasteiger partial charge in [-0.15, -0.1) is 0 Å². The number of nitrogens with zero attached hydrogens (tertiary/aromatic N) is 1.